The van der Waals surface area contributed by atoms with Crippen LogP contribution in [0, 0.1) is 13.8 Å². The number of para-hydroxylation sites is 1. The van der Waals surface area contributed by atoms with E-state index in [9.17, 15) is 9.59 Å². The first-order chi connectivity index (χ1) is 13.5. The highest BCUT2D eigenvalue weighted by Gasteiger charge is 2.19. The van der Waals surface area contributed by atoms with E-state index in [1.54, 1.807) is 24.3 Å². The number of rotatable bonds is 6. The molecule has 1 fully saturated rings. The van der Waals surface area contributed by atoms with E-state index in [0.29, 0.717) is 17.0 Å². The molecule has 0 saturated heterocycles. The zero-order chi connectivity index (χ0) is 19.9. The summed E-state index contributed by atoms with van der Waals surface area (Å²) in [4.78, 5) is 25.0. The van der Waals surface area contributed by atoms with E-state index in [2.05, 4.69) is 10.6 Å². The third kappa shape index (κ3) is 5.59. The maximum atomic E-state index is 12.7. The Hall–Kier alpha value is -2.82. The summed E-state index contributed by atoms with van der Waals surface area (Å²) in [5.41, 5.74) is 3.15. The molecule has 0 heterocycles. The molecular weight excluding hydrogens is 352 g/mol. The second-order valence-electron chi connectivity index (χ2n) is 7.51. The first-order valence-corrected chi connectivity index (χ1v) is 9.92. The molecule has 0 atom stereocenters. The predicted octanol–water partition coefficient (Wildman–Crippen LogP) is 4.38. The Morgan fingerprint density at radius 2 is 1.68 bits per heavy atom. The van der Waals surface area contributed by atoms with Gasteiger partial charge in [-0.05, 0) is 62.1 Å². The zero-order valence-electron chi connectivity index (χ0n) is 16.6. The molecule has 0 spiro atoms. The number of aryl methyl sites for hydroxylation is 2. The van der Waals surface area contributed by atoms with Crippen LogP contribution >= 0.6 is 0 Å². The molecule has 0 radical (unpaired) electrons. The molecule has 0 bridgehead atoms. The average Bonchev–Trinajstić information content (AvgIpc) is 2.67. The zero-order valence-corrected chi connectivity index (χ0v) is 16.6. The van der Waals surface area contributed by atoms with Gasteiger partial charge in [0, 0.05) is 6.04 Å². The molecular formula is C23H28N2O3. The van der Waals surface area contributed by atoms with Crippen molar-refractivity contribution in [1.29, 1.82) is 0 Å². The van der Waals surface area contributed by atoms with Crippen molar-refractivity contribution < 1.29 is 14.3 Å². The molecule has 3 rings (SSSR count). The van der Waals surface area contributed by atoms with Crippen LogP contribution < -0.4 is 15.4 Å². The molecule has 5 nitrogen and oxygen atoms in total. The Bertz CT molecular complexity index is 821. The van der Waals surface area contributed by atoms with Crippen molar-refractivity contribution >= 4 is 17.5 Å². The van der Waals surface area contributed by atoms with E-state index in [1.165, 1.54) is 6.42 Å². The van der Waals surface area contributed by atoms with E-state index in [1.807, 2.05) is 32.0 Å². The van der Waals surface area contributed by atoms with E-state index in [-0.39, 0.29) is 24.5 Å². The number of hydrogen-bond donors (Lipinski definition) is 2. The average molecular weight is 380 g/mol. The lowest BCUT2D eigenvalue weighted by molar-refractivity contribution is -0.118. The Morgan fingerprint density at radius 1 is 1.00 bits per heavy atom. The number of amides is 2. The third-order valence-electron chi connectivity index (χ3n) is 4.95. The van der Waals surface area contributed by atoms with Crippen LogP contribution in [0.1, 0.15) is 53.6 Å². The minimum absolute atomic E-state index is 0.110. The number of carbonyl (C=O) groups excluding carboxylic acids is 2. The molecule has 1 aliphatic carbocycles. The fourth-order valence-corrected chi connectivity index (χ4v) is 3.65. The highest BCUT2D eigenvalue weighted by atomic mass is 16.5. The van der Waals surface area contributed by atoms with Gasteiger partial charge in [-0.1, -0.05) is 37.5 Å². The van der Waals surface area contributed by atoms with E-state index < -0.39 is 0 Å². The van der Waals surface area contributed by atoms with Crippen LogP contribution in [-0.2, 0) is 4.79 Å². The van der Waals surface area contributed by atoms with Gasteiger partial charge in [0.25, 0.3) is 11.8 Å². The monoisotopic (exact) mass is 380 g/mol. The quantitative estimate of drug-likeness (QED) is 0.781. The first-order valence-electron chi connectivity index (χ1n) is 9.92. The standard InChI is InChI=1S/C23H28N2O3/c1-16-12-17(2)14-19(13-16)28-15-22(26)25-21-11-7-6-10-20(21)23(27)24-18-8-4-3-5-9-18/h6-7,10-14,18H,3-5,8-9,15H2,1-2H3,(H,24,27)(H,25,26). The lowest BCUT2D eigenvalue weighted by Gasteiger charge is -2.23. The summed E-state index contributed by atoms with van der Waals surface area (Å²) in [6.07, 6.45) is 5.58. The molecule has 5 heteroatoms. The largest absolute Gasteiger partial charge is 0.484 e. The van der Waals surface area contributed by atoms with E-state index in [4.69, 9.17) is 4.74 Å². The molecule has 0 aliphatic heterocycles. The van der Waals surface area contributed by atoms with Gasteiger partial charge in [-0.25, -0.2) is 0 Å². The molecule has 2 amide bonds. The van der Waals surface area contributed by atoms with Crippen LogP contribution in [0.3, 0.4) is 0 Å². The Balaban J connectivity index is 1.60. The van der Waals surface area contributed by atoms with Gasteiger partial charge >= 0.3 is 0 Å². The first kappa shape index (κ1) is 19.9. The summed E-state index contributed by atoms with van der Waals surface area (Å²) < 4.78 is 5.61. The van der Waals surface area contributed by atoms with Gasteiger partial charge in [-0.2, -0.15) is 0 Å². The van der Waals surface area contributed by atoms with Crippen molar-refractivity contribution in [3.05, 3.63) is 59.2 Å². The summed E-state index contributed by atoms with van der Waals surface area (Å²) >= 11 is 0. The van der Waals surface area contributed by atoms with Crippen molar-refractivity contribution in [3.8, 4) is 5.75 Å². The van der Waals surface area contributed by atoms with Gasteiger partial charge in [-0.3, -0.25) is 9.59 Å². The van der Waals surface area contributed by atoms with Crippen LogP contribution in [0.4, 0.5) is 5.69 Å². The Kier molecular flexibility index (Phi) is 6.69. The van der Waals surface area contributed by atoms with Crippen LogP contribution in [0.15, 0.2) is 42.5 Å². The van der Waals surface area contributed by atoms with Gasteiger partial charge in [0.1, 0.15) is 5.75 Å². The second-order valence-corrected chi connectivity index (χ2v) is 7.51. The maximum Gasteiger partial charge on any atom is 0.262 e. The van der Waals surface area contributed by atoms with E-state index >= 15 is 0 Å². The van der Waals surface area contributed by atoms with Crippen molar-refractivity contribution in [3.63, 3.8) is 0 Å². The number of benzene rings is 2. The fraction of sp³-hybridized carbons (Fsp3) is 0.391. The SMILES string of the molecule is Cc1cc(C)cc(OCC(=O)Nc2ccccc2C(=O)NC2CCCCC2)c1. The maximum absolute atomic E-state index is 12.7. The van der Waals surface area contributed by atoms with Crippen molar-refractivity contribution in [1.82, 2.24) is 5.32 Å². The predicted molar refractivity (Wildman–Crippen MR) is 111 cm³/mol. The lowest BCUT2D eigenvalue weighted by atomic mass is 9.95. The topological polar surface area (TPSA) is 67.4 Å². The smallest absolute Gasteiger partial charge is 0.262 e. The molecule has 0 aromatic heterocycles. The van der Waals surface area contributed by atoms with Crippen molar-refractivity contribution in [2.75, 3.05) is 11.9 Å². The van der Waals surface area contributed by atoms with Gasteiger partial charge in [-0.15, -0.1) is 0 Å². The highest BCUT2D eigenvalue weighted by molar-refractivity contribution is 6.04. The van der Waals surface area contributed by atoms with Crippen molar-refractivity contribution in [2.24, 2.45) is 0 Å². The second kappa shape index (κ2) is 9.40. The summed E-state index contributed by atoms with van der Waals surface area (Å²) in [7, 11) is 0. The number of anilines is 1. The van der Waals surface area contributed by atoms with Gasteiger partial charge in [0.05, 0.1) is 11.3 Å². The molecule has 0 unspecified atom stereocenters. The van der Waals surface area contributed by atoms with Crippen LogP contribution in [0.5, 0.6) is 5.75 Å². The highest BCUT2D eigenvalue weighted by Crippen LogP contribution is 2.20. The number of hydrogen-bond acceptors (Lipinski definition) is 3. The minimum Gasteiger partial charge on any atom is -0.484 e. The normalized spacial score (nSPS) is 14.4. The van der Waals surface area contributed by atoms with Gasteiger partial charge in [0.15, 0.2) is 6.61 Å². The van der Waals surface area contributed by atoms with Crippen LogP contribution in [0.2, 0.25) is 0 Å². The molecule has 2 N–H and O–H groups in total. The van der Waals surface area contributed by atoms with Gasteiger partial charge in [0.2, 0.25) is 0 Å². The Labute approximate surface area is 166 Å². The third-order valence-corrected chi connectivity index (χ3v) is 4.95. The summed E-state index contributed by atoms with van der Waals surface area (Å²) in [6.45, 7) is 3.86. The lowest BCUT2D eigenvalue weighted by Crippen LogP contribution is -2.36. The number of ether oxygens (including phenoxy) is 1. The van der Waals surface area contributed by atoms with Crippen LogP contribution in [0.25, 0.3) is 0 Å². The fourth-order valence-electron chi connectivity index (χ4n) is 3.65. The summed E-state index contributed by atoms with van der Waals surface area (Å²) in [6, 6.07) is 13.1. The number of nitrogens with one attached hydrogen (secondary N) is 2. The Morgan fingerprint density at radius 3 is 2.39 bits per heavy atom. The molecule has 1 aliphatic rings. The molecule has 1 saturated carbocycles. The summed E-state index contributed by atoms with van der Waals surface area (Å²) in [5.74, 6) is 0.228. The molecule has 148 valence electrons. The summed E-state index contributed by atoms with van der Waals surface area (Å²) in [5, 5.41) is 5.90. The molecule has 28 heavy (non-hydrogen) atoms. The van der Waals surface area contributed by atoms with Gasteiger partial charge < -0.3 is 15.4 Å². The molecule has 2 aromatic carbocycles. The molecule has 2 aromatic rings. The number of carbonyl (C=O) groups is 2. The van der Waals surface area contributed by atoms with E-state index in [0.717, 1.165) is 36.8 Å². The minimum atomic E-state index is -0.294. The van der Waals surface area contributed by atoms with Crippen LogP contribution in [-0.4, -0.2) is 24.5 Å². The van der Waals surface area contributed by atoms with Crippen molar-refractivity contribution in [2.45, 2.75) is 52.0 Å².